The minimum Gasteiger partial charge on any atom is -0.339 e. The Morgan fingerprint density at radius 3 is 2.79 bits per heavy atom. The van der Waals surface area contributed by atoms with E-state index in [0.29, 0.717) is 30.4 Å². The van der Waals surface area contributed by atoms with Gasteiger partial charge in [0.25, 0.3) is 0 Å². The van der Waals surface area contributed by atoms with Gasteiger partial charge in [-0.15, -0.1) is 0 Å². The van der Waals surface area contributed by atoms with Crippen LogP contribution in [-0.2, 0) is 17.6 Å². The topological polar surface area (TPSA) is 59.2 Å². The number of aromatic nitrogens is 2. The van der Waals surface area contributed by atoms with Gasteiger partial charge in [-0.3, -0.25) is 4.79 Å². The van der Waals surface area contributed by atoms with Crippen molar-refractivity contribution in [1.82, 2.24) is 10.1 Å². The predicted octanol–water partition coefficient (Wildman–Crippen LogP) is 4.56. The second kappa shape index (κ2) is 8.10. The molecule has 5 nitrogen and oxygen atoms in total. The van der Waals surface area contributed by atoms with Crippen molar-refractivity contribution in [2.45, 2.75) is 31.6 Å². The van der Waals surface area contributed by atoms with Crippen molar-refractivity contribution >= 4 is 23.2 Å². The van der Waals surface area contributed by atoms with E-state index < -0.39 is 5.82 Å². The highest BCUT2D eigenvalue weighted by Crippen LogP contribution is 2.32. The zero-order valence-electron chi connectivity index (χ0n) is 15.1. The molecule has 1 aliphatic heterocycles. The number of benzene rings is 2. The lowest BCUT2D eigenvalue weighted by Crippen LogP contribution is -2.24. The third kappa shape index (κ3) is 4.07. The van der Waals surface area contributed by atoms with Crippen LogP contribution in [0.4, 0.5) is 10.1 Å². The quantitative estimate of drug-likeness (QED) is 0.609. The number of anilines is 1. The molecular weight excluding hydrogens is 381 g/mol. The summed E-state index contributed by atoms with van der Waals surface area (Å²) in [5.74, 6) is 0.401. The summed E-state index contributed by atoms with van der Waals surface area (Å²) in [5, 5.41) is 4.06. The highest BCUT2D eigenvalue weighted by atomic mass is 35.5. The molecule has 28 heavy (non-hydrogen) atoms. The molecule has 1 aliphatic rings. The van der Waals surface area contributed by atoms with Crippen LogP contribution in [0.2, 0.25) is 5.02 Å². The summed E-state index contributed by atoms with van der Waals surface area (Å²) in [4.78, 5) is 18.5. The molecule has 1 amide bonds. The van der Waals surface area contributed by atoms with E-state index in [0.717, 1.165) is 12.8 Å². The lowest BCUT2D eigenvalue weighted by Gasteiger charge is -2.16. The molecule has 0 N–H and O–H groups in total. The molecular formula is C21H19ClFN3O2. The van der Waals surface area contributed by atoms with E-state index in [4.69, 9.17) is 16.1 Å². The molecule has 0 saturated carbocycles. The number of rotatable bonds is 6. The van der Waals surface area contributed by atoms with Crippen LogP contribution >= 0.6 is 11.6 Å². The summed E-state index contributed by atoms with van der Waals surface area (Å²) in [6.45, 7) is 0.420. The van der Waals surface area contributed by atoms with Crippen LogP contribution in [-0.4, -0.2) is 22.6 Å². The van der Waals surface area contributed by atoms with E-state index in [2.05, 4.69) is 22.3 Å². The smallest absolute Gasteiger partial charge is 0.227 e. The van der Waals surface area contributed by atoms with Gasteiger partial charge in [0.2, 0.25) is 11.8 Å². The molecule has 0 bridgehead atoms. The van der Waals surface area contributed by atoms with Gasteiger partial charge >= 0.3 is 0 Å². The number of carbonyl (C=O) groups is 1. The molecule has 0 unspecified atom stereocenters. The lowest BCUT2D eigenvalue weighted by atomic mass is 10.1. The van der Waals surface area contributed by atoms with Crippen LogP contribution in [0.5, 0.6) is 0 Å². The van der Waals surface area contributed by atoms with Gasteiger partial charge in [-0.05, 0) is 36.6 Å². The molecule has 1 atom stereocenters. The molecule has 1 aromatic heterocycles. The maximum Gasteiger partial charge on any atom is 0.227 e. The second-order valence-electron chi connectivity index (χ2n) is 6.89. The van der Waals surface area contributed by atoms with Gasteiger partial charge in [0, 0.05) is 31.0 Å². The predicted molar refractivity (Wildman–Crippen MR) is 104 cm³/mol. The Hall–Kier alpha value is -2.73. The first-order valence-corrected chi connectivity index (χ1v) is 9.60. The van der Waals surface area contributed by atoms with Gasteiger partial charge in [0.15, 0.2) is 5.82 Å². The van der Waals surface area contributed by atoms with Crippen LogP contribution in [0.1, 0.15) is 36.0 Å². The van der Waals surface area contributed by atoms with E-state index in [1.165, 1.54) is 17.7 Å². The summed E-state index contributed by atoms with van der Waals surface area (Å²) >= 11 is 5.84. The Labute approximate surface area is 167 Å². The standard InChI is InChI=1S/C21H19ClFN3O2/c22-17-12-16(9-10-18(17)23)26-13-15(11-20(26)27)21-24-19(28-25-21)8-4-7-14-5-2-1-3-6-14/h1-3,5-6,9-10,12,15H,4,7-8,11,13H2/t15-/m0/s1. The van der Waals surface area contributed by atoms with Gasteiger partial charge in [-0.2, -0.15) is 4.98 Å². The third-order valence-electron chi connectivity index (χ3n) is 4.89. The number of aryl methyl sites for hydroxylation is 2. The van der Waals surface area contributed by atoms with E-state index in [9.17, 15) is 9.18 Å². The van der Waals surface area contributed by atoms with Crippen LogP contribution in [0.25, 0.3) is 0 Å². The summed E-state index contributed by atoms with van der Waals surface area (Å²) in [5.41, 5.74) is 1.85. The van der Waals surface area contributed by atoms with Crippen LogP contribution in [0, 0.1) is 5.82 Å². The van der Waals surface area contributed by atoms with E-state index in [-0.39, 0.29) is 23.3 Å². The van der Waals surface area contributed by atoms with E-state index in [1.54, 1.807) is 11.0 Å². The Balaban J connectivity index is 1.37. The number of nitrogens with zero attached hydrogens (tertiary/aromatic N) is 3. The van der Waals surface area contributed by atoms with Crippen molar-refractivity contribution < 1.29 is 13.7 Å². The molecule has 4 rings (SSSR count). The maximum atomic E-state index is 13.4. The van der Waals surface area contributed by atoms with E-state index in [1.807, 2.05) is 18.2 Å². The van der Waals surface area contributed by atoms with Crippen molar-refractivity contribution in [2.75, 3.05) is 11.4 Å². The zero-order chi connectivity index (χ0) is 19.5. The van der Waals surface area contributed by atoms with Gasteiger partial charge < -0.3 is 9.42 Å². The molecule has 1 saturated heterocycles. The van der Waals surface area contributed by atoms with Crippen molar-refractivity contribution in [1.29, 1.82) is 0 Å². The van der Waals surface area contributed by atoms with Crippen molar-refractivity contribution in [3.05, 3.63) is 76.6 Å². The summed E-state index contributed by atoms with van der Waals surface area (Å²) < 4.78 is 18.7. The van der Waals surface area contributed by atoms with Gasteiger partial charge in [-0.1, -0.05) is 47.1 Å². The first-order valence-electron chi connectivity index (χ1n) is 9.22. The SMILES string of the molecule is O=C1C[C@H](c2noc(CCCc3ccccc3)n2)CN1c1ccc(F)c(Cl)c1. The molecule has 0 aliphatic carbocycles. The highest BCUT2D eigenvalue weighted by molar-refractivity contribution is 6.31. The van der Waals surface area contributed by atoms with E-state index >= 15 is 0 Å². The minimum absolute atomic E-state index is 0.00554. The van der Waals surface area contributed by atoms with Crippen molar-refractivity contribution in [3.8, 4) is 0 Å². The Bertz CT molecular complexity index is 977. The van der Waals surface area contributed by atoms with Crippen LogP contribution in [0.3, 0.4) is 0 Å². The summed E-state index contributed by atoms with van der Waals surface area (Å²) in [6, 6.07) is 14.5. The fraction of sp³-hybridized carbons (Fsp3) is 0.286. The number of hydrogen-bond donors (Lipinski definition) is 0. The molecule has 1 fully saturated rings. The fourth-order valence-electron chi connectivity index (χ4n) is 3.41. The molecule has 2 heterocycles. The highest BCUT2D eigenvalue weighted by Gasteiger charge is 2.34. The van der Waals surface area contributed by atoms with Gasteiger partial charge in [-0.25, -0.2) is 4.39 Å². The first-order chi connectivity index (χ1) is 13.6. The second-order valence-corrected chi connectivity index (χ2v) is 7.30. The largest absolute Gasteiger partial charge is 0.339 e. The molecule has 3 aromatic rings. The van der Waals surface area contributed by atoms with Gasteiger partial charge in [0.1, 0.15) is 5.82 Å². The fourth-order valence-corrected chi connectivity index (χ4v) is 3.58. The number of halogens is 2. The average molecular weight is 400 g/mol. The monoisotopic (exact) mass is 399 g/mol. The van der Waals surface area contributed by atoms with Crippen molar-refractivity contribution in [3.63, 3.8) is 0 Å². The maximum absolute atomic E-state index is 13.4. The number of amides is 1. The molecule has 7 heteroatoms. The van der Waals surface area contributed by atoms with Gasteiger partial charge in [0.05, 0.1) is 5.02 Å². The number of hydrogen-bond acceptors (Lipinski definition) is 4. The first kappa shape index (κ1) is 18.6. The number of carbonyl (C=O) groups excluding carboxylic acids is 1. The third-order valence-corrected chi connectivity index (χ3v) is 5.18. The lowest BCUT2D eigenvalue weighted by molar-refractivity contribution is -0.117. The summed E-state index contributed by atoms with van der Waals surface area (Å²) in [6.07, 6.45) is 2.84. The molecule has 144 valence electrons. The van der Waals surface area contributed by atoms with Crippen molar-refractivity contribution in [2.24, 2.45) is 0 Å². The van der Waals surface area contributed by atoms with Crippen LogP contribution in [0.15, 0.2) is 53.1 Å². The molecule has 0 radical (unpaired) electrons. The zero-order valence-corrected chi connectivity index (χ0v) is 15.9. The summed E-state index contributed by atoms with van der Waals surface area (Å²) in [7, 11) is 0. The molecule has 2 aromatic carbocycles. The molecule has 0 spiro atoms. The Kier molecular flexibility index (Phi) is 5.39. The van der Waals surface area contributed by atoms with Crippen LogP contribution < -0.4 is 4.90 Å². The Morgan fingerprint density at radius 2 is 2.00 bits per heavy atom. The Morgan fingerprint density at radius 1 is 1.18 bits per heavy atom. The normalized spacial score (nSPS) is 16.7. The average Bonchev–Trinajstić information content (AvgIpc) is 3.32. The minimum atomic E-state index is -0.507.